The van der Waals surface area contributed by atoms with Crippen LogP contribution in [-0.4, -0.2) is 17.9 Å². The summed E-state index contributed by atoms with van der Waals surface area (Å²) in [6.45, 7) is 0. The Labute approximate surface area is 191 Å². The summed E-state index contributed by atoms with van der Waals surface area (Å²) < 4.78 is 14.2. The molecule has 2 saturated heterocycles. The zero-order valence-corrected chi connectivity index (χ0v) is 18.3. The molecule has 2 amide bonds. The molecule has 0 aliphatic carbocycles. The van der Waals surface area contributed by atoms with Crippen molar-refractivity contribution < 1.29 is 18.8 Å². The summed E-state index contributed by atoms with van der Waals surface area (Å²) in [7, 11) is 0. The molecule has 2 aliphatic heterocycles. The van der Waals surface area contributed by atoms with Gasteiger partial charge < -0.3 is 0 Å². The second kappa shape index (κ2) is 7.75. The van der Waals surface area contributed by atoms with E-state index in [-0.39, 0.29) is 10.4 Å². The van der Waals surface area contributed by atoms with E-state index in [0.717, 1.165) is 4.90 Å². The highest BCUT2D eigenvalue weighted by atomic mass is 79.9. The van der Waals surface area contributed by atoms with Crippen molar-refractivity contribution in [1.29, 1.82) is 0 Å². The number of imide groups is 1. The summed E-state index contributed by atoms with van der Waals surface area (Å²) in [6, 6.07) is 19.6. The molecule has 0 spiro atoms. The predicted octanol–water partition coefficient (Wildman–Crippen LogP) is 5.29. The first kappa shape index (κ1) is 20.2. The van der Waals surface area contributed by atoms with Crippen LogP contribution >= 0.6 is 27.5 Å². The Morgan fingerprint density at radius 2 is 1.61 bits per heavy atom. The van der Waals surface area contributed by atoms with Gasteiger partial charge in [0.1, 0.15) is 11.7 Å². The average Bonchev–Trinajstić information content (AvgIpc) is 3.28. The van der Waals surface area contributed by atoms with Crippen molar-refractivity contribution in [3.8, 4) is 0 Å². The fourth-order valence-electron chi connectivity index (χ4n) is 4.09. The van der Waals surface area contributed by atoms with Crippen LogP contribution in [0.1, 0.15) is 11.6 Å². The van der Waals surface area contributed by atoms with Crippen LogP contribution in [0.5, 0.6) is 0 Å². The summed E-state index contributed by atoms with van der Waals surface area (Å²) in [5, 5.41) is 2.08. The Hall–Kier alpha value is -2.74. The van der Waals surface area contributed by atoms with E-state index < -0.39 is 29.8 Å². The van der Waals surface area contributed by atoms with Crippen molar-refractivity contribution in [2.45, 2.75) is 12.1 Å². The highest BCUT2D eigenvalue weighted by molar-refractivity contribution is 9.10. The lowest BCUT2D eigenvalue weighted by atomic mass is 9.90. The minimum absolute atomic E-state index is 0.271. The number of hydroxylamine groups is 1. The Morgan fingerprint density at radius 1 is 0.903 bits per heavy atom. The quantitative estimate of drug-likeness (QED) is 0.458. The van der Waals surface area contributed by atoms with Crippen LogP contribution in [0.3, 0.4) is 0 Å². The van der Waals surface area contributed by atoms with Crippen LogP contribution in [0.2, 0.25) is 5.02 Å². The van der Waals surface area contributed by atoms with Crippen LogP contribution in [0, 0.1) is 11.7 Å². The van der Waals surface area contributed by atoms with Gasteiger partial charge >= 0.3 is 0 Å². The number of halogens is 3. The lowest BCUT2D eigenvalue weighted by Gasteiger charge is -2.29. The van der Waals surface area contributed by atoms with Crippen molar-refractivity contribution in [3.05, 3.63) is 93.7 Å². The molecule has 5 rings (SSSR count). The molecular formula is C23H15BrClFN2O3. The number of benzene rings is 3. The molecule has 0 unspecified atom stereocenters. The molecule has 0 bridgehead atoms. The van der Waals surface area contributed by atoms with E-state index in [2.05, 4.69) is 15.9 Å². The van der Waals surface area contributed by atoms with E-state index in [1.165, 1.54) is 6.07 Å². The predicted molar refractivity (Wildman–Crippen MR) is 118 cm³/mol. The number of amides is 2. The number of fused-ring (bicyclic) bond motifs is 1. The third-order valence-corrected chi connectivity index (χ3v) is 6.36. The molecule has 2 aliphatic rings. The SMILES string of the molecule is O=C1[C@H]2[C@@H](ON(c3ccccc3)[C@H]2c2ccc(F)c(Br)c2)C(=O)N1c1ccc(Cl)cc1. The number of nitrogens with zero attached hydrogens (tertiary/aromatic N) is 2. The topological polar surface area (TPSA) is 49.9 Å². The van der Waals surface area contributed by atoms with Crippen molar-refractivity contribution in [1.82, 2.24) is 0 Å². The molecule has 3 atom stereocenters. The maximum Gasteiger partial charge on any atom is 0.266 e. The number of carbonyl (C=O) groups is 2. The van der Waals surface area contributed by atoms with Crippen LogP contribution in [0.25, 0.3) is 0 Å². The Kier molecular flexibility index (Phi) is 5.04. The minimum atomic E-state index is -0.989. The van der Waals surface area contributed by atoms with Crippen LogP contribution in [0.15, 0.2) is 77.3 Å². The Bertz CT molecular complexity index is 1180. The van der Waals surface area contributed by atoms with E-state index in [0.29, 0.717) is 22.0 Å². The highest BCUT2D eigenvalue weighted by Crippen LogP contribution is 2.48. The highest BCUT2D eigenvalue weighted by Gasteiger charge is 2.60. The van der Waals surface area contributed by atoms with Gasteiger partial charge in [-0.15, -0.1) is 0 Å². The summed E-state index contributed by atoms with van der Waals surface area (Å²) >= 11 is 9.16. The van der Waals surface area contributed by atoms with E-state index in [1.54, 1.807) is 41.5 Å². The largest absolute Gasteiger partial charge is 0.273 e. The molecule has 0 saturated carbocycles. The molecule has 0 aromatic heterocycles. The van der Waals surface area contributed by atoms with Crippen LogP contribution < -0.4 is 9.96 Å². The maximum absolute atomic E-state index is 13.9. The molecule has 0 N–H and O–H groups in total. The van der Waals surface area contributed by atoms with Gasteiger partial charge in [0.25, 0.3) is 5.91 Å². The van der Waals surface area contributed by atoms with Crippen LogP contribution in [-0.2, 0) is 14.4 Å². The third kappa shape index (κ3) is 3.33. The first-order valence-electron chi connectivity index (χ1n) is 9.55. The van der Waals surface area contributed by atoms with Gasteiger partial charge in [-0.05, 0) is 70.0 Å². The number of para-hydroxylation sites is 1. The summed E-state index contributed by atoms with van der Waals surface area (Å²) in [5.74, 6) is -2.02. The van der Waals surface area contributed by atoms with E-state index in [4.69, 9.17) is 16.4 Å². The van der Waals surface area contributed by atoms with E-state index >= 15 is 0 Å². The number of hydrogen-bond acceptors (Lipinski definition) is 4. The van der Waals surface area contributed by atoms with Gasteiger partial charge in [0.15, 0.2) is 6.10 Å². The van der Waals surface area contributed by atoms with Crippen molar-refractivity contribution >= 4 is 50.7 Å². The Balaban J connectivity index is 1.60. The average molecular weight is 502 g/mol. The van der Waals surface area contributed by atoms with Gasteiger partial charge in [-0.25, -0.2) is 14.4 Å². The number of carbonyl (C=O) groups excluding carboxylic acids is 2. The minimum Gasteiger partial charge on any atom is -0.273 e. The van der Waals surface area contributed by atoms with Gasteiger partial charge in [0.05, 0.1) is 21.9 Å². The fourth-order valence-corrected chi connectivity index (χ4v) is 4.62. The van der Waals surface area contributed by atoms with Gasteiger partial charge in [-0.1, -0.05) is 35.9 Å². The van der Waals surface area contributed by atoms with Gasteiger partial charge in [0.2, 0.25) is 5.91 Å². The molecular weight excluding hydrogens is 487 g/mol. The second-order valence-corrected chi connectivity index (χ2v) is 8.61. The zero-order chi connectivity index (χ0) is 21.7. The van der Waals surface area contributed by atoms with Crippen molar-refractivity contribution in [2.24, 2.45) is 5.92 Å². The normalized spacial score (nSPS) is 22.9. The maximum atomic E-state index is 13.9. The molecule has 0 radical (unpaired) electrons. The summed E-state index contributed by atoms with van der Waals surface area (Å²) in [4.78, 5) is 33.9. The van der Waals surface area contributed by atoms with E-state index in [1.807, 2.05) is 30.3 Å². The first-order chi connectivity index (χ1) is 15.0. The lowest BCUT2D eigenvalue weighted by molar-refractivity contribution is -0.126. The van der Waals surface area contributed by atoms with Gasteiger partial charge in [-0.2, -0.15) is 0 Å². The van der Waals surface area contributed by atoms with Crippen LogP contribution in [0.4, 0.5) is 15.8 Å². The number of anilines is 2. The molecule has 5 nitrogen and oxygen atoms in total. The fraction of sp³-hybridized carbons (Fsp3) is 0.130. The molecule has 2 heterocycles. The first-order valence-corrected chi connectivity index (χ1v) is 10.7. The second-order valence-electron chi connectivity index (χ2n) is 7.32. The Morgan fingerprint density at radius 3 is 2.29 bits per heavy atom. The monoisotopic (exact) mass is 500 g/mol. The molecule has 31 heavy (non-hydrogen) atoms. The van der Waals surface area contributed by atoms with Gasteiger partial charge in [-0.3, -0.25) is 14.4 Å². The molecule has 156 valence electrons. The standard InChI is InChI=1S/C23H15BrClFN2O3/c24-17-12-13(6-11-18(17)26)20-19-21(31-28(20)16-4-2-1-3-5-16)23(30)27(22(19)29)15-9-7-14(25)8-10-15/h1-12,19-21H/t19-,20+,21-/m1/s1. The molecule has 2 fully saturated rings. The summed E-state index contributed by atoms with van der Waals surface area (Å²) in [6.07, 6.45) is -0.989. The van der Waals surface area contributed by atoms with Gasteiger partial charge in [0, 0.05) is 5.02 Å². The lowest BCUT2D eigenvalue weighted by Crippen LogP contribution is -2.37. The zero-order valence-electron chi connectivity index (χ0n) is 15.9. The number of rotatable bonds is 3. The molecule has 3 aromatic carbocycles. The number of hydrogen-bond donors (Lipinski definition) is 0. The van der Waals surface area contributed by atoms with E-state index in [9.17, 15) is 14.0 Å². The van der Waals surface area contributed by atoms with Crippen molar-refractivity contribution in [3.63, 3.8) is 0 Å². The molecule has 3 aromatic rings. The van der Waals surface area contributed by atoms with Crippen molar-refractivity contribution in [2.75, 3.05) is 9.96 Å². The summed E-state index contributed by atoms with van der Waals surface area (Å²) in [5.41, 5.74) is 1.78. The third-order valence-electron chi connectivity index (χ3n) is 5.50. The molecule has 8 heteroatoms. The smallest absolute Gasteiger partial charge is 0.266 e.